The third kappa shape index (κ3) is 5.94. The molecule has 100 valence electrons. The first-order valence-electron chi connectivity index (χ1n) is 5.93. The number of benzene rings is 1. The number of rotatable bonds is 7. The molecule has 0 bridgehead atoms. The minimum Gasteiger partial charge on any atom is -0.352 e. The van der Waals surface area contributed by atoms with Crippen molar-refractivity contribution in [3.8, 4) is 0 Å². The van der Waals surface area contributed by atoms with Crippen molar-refractivity contribution in [2.75, 3.05) is 12.4 Å². The zero-order valence-electron chi connectivity index (χ0n) is 10.0. The average molecular weight is 309 g/mol. The fourth-order valence-electron chi connectivity index (χ4n) is 1.56. The lowest BCUT2D eigenvalue weighted by molar-refractivity contribution is 0.0953. The van der Waals surface area contributed by atoms with E-state index < -0.39 is 0 Å². The molecule has 0 unspecified atom stereocenters. The Kier molecular flexibility index (Phi) is 7.48. The molecule has 1 aromatic carbocycles. The van der Waals surface area contributed by atoms with Crippen molar-refractivity contribution in [2.45, 2.75) is 25.7 Å². The number of amides is 1. The van der Waals surface area contributed by atoms with E-state index in [2.05, 4.69) is 5.32 Å². The van der Waals surface area contributed by atoms with E-state index >= 15 is 0 Å². The van der Waals surface area contributed by atoms with Gasteiger partial charge in [-0.05, 0) is 31.0 Å². The summed E-state index contributed by atoms with van der Waals surface area (Å²) in [6.45, 7) is 0.658. The fourth-order valence-corrected chi connectivity index (χ4v) is 2.28. The Labute approximate surface area is 123 Å². The molecule has 1 N–H and O–H groups in total. The molecule has 1 aromatic rings. The van der Waals surface area contributed by atoms with Crippen molar-refractivity contribution in [1.82, 2.24) is 5.32 Å². The topological polar surface area (TPSA) is 29.1 Å². The fraction of sp³-hybridized carbons (Fsp3) is 0.462. The van der Waals surface area contributed by atoms with Crippen LogP contribution in [0.5, 0.6) is 0 Å². The average Bonchev–Trinajstić information content (AvgIpc) is 2.32. The summed E-state index contributed by atoms with van der Waals surface area (Å²) in [5, 5.41) is 3.78. The Balaban J connectivity index is 2.32. The van der Waals surface area contributed by atoms with Crippen LogP contribution in [0, 0.1) is 0 Å². The second kappa shape index (κ2) is 8.63. The second-order valence-corrected chi connectivity index (χ2v) is 5.27. The van der Waals surface area contributed by atoms with Crippen LogP contribution < -0.4 is 5.32 Å². The molecule has 1 rings (SSSR count). The Morgan fingerprint density at radius 2 is 1.61 bits per heavy atom. The minimum atomic E-state index is -0.142. The number of halogens is 3. The highest BCUT2D eigenvalue weighted by atomic mass is 35.5. The van der Waals surface area contributed by atoms with Crippen LogP contribution >= 0.6 is 34.8 Å². The summed E-state index contributed by atoms with van der Waals surface area (Å²) in [6.07, 6.45) is 4.15. The van der Waals surface area contributed by atoms with Crippen LogP contribution in [0.25, 0.3) is 0 Å². The van der Waals surface area contributed by atoms with Gasteiger partial charge in [-0.3, -0.25) is 4.79 Å². The van der Waals surface area contributed by atoms with Gasteiger partial charge in [0.15, 0.2) is 0 Å². The van der Waals surface area contributed by atoms with Crippen molar-refractivity contribution >= 4 is 40.7 Å². The molecule has 0 spiro atoms. The van der Waals surface area contributed by atoms with Gasteiger partial charge in [0.1, 0.15) is 0 Å². The van der Waals surface area contributed by atoms with Crippen LogP contribution in [0.2, 0.25) is 10.0 Å². The van der Waals surface area contributed by atoms with Crippen LogP contribution in [-0.2, 0) is 0 Å². The van der Waals surface area contributed by atoms with Crippen LogP contribution in [0.15, 0.2) is 18.2 Å². The number of unbranched alkanes of at least 4 members (excludes halogenated alkanes) is 3. The summed E-state index contributed by atoms with van der Waals surface area (Å²) < 4.78 is 0. The van der Waals surface area contributed by atoms with Gasteiger partial charge in [0.05, 0.1) is 0 Å². The third-order valence-corrected chi connectivity index (χ3v) is 3.17. The molecule has 0 saturated carbocycles. The Hall–Kier alpha value is -0.440. The predicted molar refractivity (Wildman–Crippen MR) is 78.0 cm³/mol. The molecular weight excluding hydrogens is 293 g/mol. The highest BCUT2D eigenvalue weighted by Crippen LogP contribution is 2.18. The zero-order chi connectivity index (χ0) is 13.4. The van der Waals surface area contributed by atoms with Crippen molar-refractivity contribution in [2.24, 2.45) is 0 Å². The normalized spacial score (nSPS) is 10.4. The Morgan fingerprint density at radius 3 is 2.22 bits per heavy atom. The Bertz CT molecular complexity index is 376. The summed E-state index contributed by atoms with van der Waals surface area (Å²) >= 11 is 17.3. The van der Waals surface area contributed by atoms with E-state index in [9.17, 15) is 4.79 Å². The minimum absolute atomic E-state index is 0.142. The quantitative estimate of drug-likeness (QED) is 0.582. The molecule has 0 heterocycles. The van der Waals surface area contributed by atoms with Crippen molar-refractivity contribution in [3.05, 3.63) is 33.8 Å². The maximum absolute atomic E-state index is 11.8. The summed E-state index contributed by atoms with van der Waals surface area (Å²) in [4.78, 5) is 11.8. The van der Waals surface area contributed by atoms with E-state index in [1.165, 1.54) is 0 Å². The molecule has 1 amide bonds. The molecule has 0 fully saturated rings. The number of alkyl halides is 1. The van der Waals surface area contributed by atoms with E-state index in [-0.39, 0.29) is 5.91 Å². The second-order valence-electron chi connectivity index (χ2n) is 4.02. The van der Waals surface area contributed by atoms with Crippen molar-refractivity contribution < 1.29 is 4.79 Å². The monoisotopic (exact) mass is 307 g/mol. The molecule has 0 aromatic heterocycles. The molecular formula is C13H16Cl3NO. The molecule has 0 atom stereocenters. The lowest BCUT2D eigenvalue weighted by Gasteiger charge is -2.06. The highest BCUT2D eigenvalue weighted by molar-refractivity contribution is 6.35. The largest absolute Gasteiger partial charge is 0.352 e. The lowest BCUT2D eigenvalue weighted by Crippen LogP contribution is -2.24. The summed E-state index contributed by atoms with van der Waals surface area (Å²) in [6, 6.07) is 4.82. The van der Waals surface area contributed by atoms with Gasteiger partial charge in [-0.25, -0.2) is 0 Å². The van der Waals surface area contributed by atoms with Gasteiger partial charge in [-0.2, -0.15) is 0 Å². The van der Waals surface area contributed by atoms with Gasteiger partial charge in [0.25, 0.3) is 5.91 Å². The van der Waals surface area contributed by atoms with Gasteiger partial charge in [-0.15, -0.1) is 11.6 Å². The van der Waals surface area contributed by atoms with Gasteiger partial charge in [0, 0.05) is 28.0 Å². The number of carbonyl (C=O) groups excluding carboxylic acids is 1. The number of nitrogens with one attached hydrogen (secondary N) is 1. The third-order valence-electron chi connectivity index (χ3n) is 2.47. The van der Waals surface area contributed by atoms with Crippen LogP contribution in [0.1, 0.15) is 36.0 Å². The SMILES string of the molecule is O=C(NCCCCCCCl)c1cc(Cl)cc(Cl)c1. The van der Waals surface area contributed by atoms with Crippen LogP contribution in [-0.4, -0.2) is 18.3 Å². The van der Waals surface area contributed by atoms with Gasteiger partial charge in [0.2, 0.25) is 0 Å². The van der Waals surface area contributed by atoms with E-state index in [0.717, 1.165) is 25.7 Å². The molecule has 18 heavy (non-hydrogen) atoms. The molecule has 0 aliphatic rings. The standard InChI is InChI=1S/C13H16Cl3NO/c14-5-3-1-2-4-6-17-13(18)10-7-11(15)9-12(16)8-10/h7-9H,1-6H2,(H,17,18). The van der Waals surface area contributed by atoms with E-state index in [1.807, 2.05) is 0 Å². The summed E-state index contributed by atoms with van der Waals surface area (Å²) in [7, 11) is 0. The first kappa shape index (κ1) is 15.6. The number of hydrogen-bond acceptors (Lipinski definition) is 1. The zero-order valence-corrected chi connectivity index (χ0v) is 12.3. The molecule has 2 nitrogen and oxygen atoms in total. The maximum atomic E-state index is 11.8. The van der Waals surface area contributed by atoms with Crippen molar-refractivity contribution in [3.63, 3.8) is 0 Å². The van der Waals surface area contributed by atoms with E-state index in [0.29, 0.717) is 28.0 Å². The smallest absolute Gasteiger partial charge is 0.251 e. The molecule has 0 aliphatic carbocycles. The van der Waals surface area contributed by atoms with Gasteiger partial charge in [-0.1, -0.05) is 36.0 Å². The van der Waals surface area contributed by atoms with Gasteiger partial charge >= 0.3 is 0 Å². The molecule has 0 radical (unpaired) electrons. The maximum Gasteiger partial charge on any atom is 0.251 e. The first-order chi connectivity index (χ1) is 8.63. The van der Waals surface area contributed by atoms with E-state index in [4.69, 9.17) is 34.8 Å². The van der Waals surface area contributed by atoms with E-state index in [1.54, 1.807) is 18.2 Å². The summed E-state index contributed by atoms with van der Waals surface area (Å²) in [5.74, 6) is 0.560. The molecule has 5 heteroatoms. The number of carbonyl (C=O) groups is 1. The number of hydrogen-bond donors (Lipinski definition) is 1. The molecule has 0 saturated heterocycles. The van der Waals surface area contributed by atoms with Crippen molar-refractivity contribution in [1.29, 1.82) is 0 Å². The predicted octanol–water partition coefficient (Wildman–Crippen LogP) is 4.52. The summed E-state index contributed by atoms with van der Waals surface area (Å²) in [5.41, 5.74) is 0.494. The Morgan fingerprint density at radius 1 is 1.00 bits per heavy atom. The highest BCUT2D eigenvalue weighted by Gasteiger charge is 2.06. The van der Waals surface area contributed by atoms with Crippen LogP contribution in [0.3, 0.4) is 0 Å². The van der Waals surface area contributed by atoms with Crippen LogP contribution in [0.4, 0.5) is 0 Å². The molecule has 0 aliphatic heterocycles. The van der Waals surface area contributed by atoms with Gasteiger partial charge < -0.3 is 5.32 Å². The lowest BCUT2D eigenvalue weighted by atomic mass is 10.2. The first-order valence-corrected chi connectivity index (χ1v) is 7.23.